The molecule has 34 heavy (non-hydrogen) atoms. The van der Waals surface area contributed by atoms with Gasteiger partial charge in [-0.3, -0.25) is 14.5 Å². The van der Waals surface area contributed by atoms with Gasteiger partial charge in [-0.1, -0.05) is 53.8 Å². The summed E-state index contributed by atoms with van der Waals surface area (Å²) in [6, 6.07) is 12.6. The zero-order valence-corrected chi connectivity index (χ0v) is 20.3. The van der Waals surface area contributed by atoms with Crippen molar-refractivity contribution < 1.29 is 29.0 Å². The lowest BCUT2D eigenvalue weighted by Gasteiger charge is -2.16. The fourth-order valence-corrected chi connectivity index (χ4v) is 4.91. The third kappa shape index (κ3) is 5.35. The number of carboxylic acid groups (broad SMARTS) is 1. The molecule has 0 saturated carbocycles. The van der Waals surface area contributed by atoms with Crippen molar-refractivity contribution in [1.29, 1.82) is 0 Å². The highest BCUT2D eigenvalue weighted by Crippen LogP contribution is 2.35. The van der Waals surface area contributed by atoms with Crippen LogP contribution in [-0.4, -0.2) is 63.4 Å². The Morgan fingerprint density at radius 1 is 1.29 bits per heavy atom. The van der Waals surface area contributed by atoms with Crippen LogP contribution < -0.4 is 4.74 Å². The Morgan fingerprint density at radius 3 is 2.65 bits per heavy atom. The van der Waals surface area contributed by atoms with Gasteiger partial charge in [-0.15, -0.1) is 0 Å². The first-order valence-electron chi connectivity index (χ1n) is 10.1. The first kappa shape index (κ1) is 24.1. The van der Waals surface area contributed by atoms with E-state index in [0.717, 1.165) is 22.2 Å². The van der Waals surface area contributed by atoms with E-state index in [-0.39, 0.29) is 16.5 Å². The number of carbonyl (C=O) groups excluding carboxylic acids is 2. The van der Waals surface area contributed by atoms with Crippen LogP contribution in [0.1, 0.15) is 11.1 Å². The average molecular weight is 519 g/mol. The first-order valence-corrected chi connectivity index (χ1v) is 11.7. The molecule has 2 aromatic rings. The summed E-state index contributed by atoms with van der Waals surface area (Å²) in [7, 11) is 1.72. The van der Waals surface area contributed by atoms with E-state index in [1.54, 1.807) is 36.2 Å². The van der Waals surface area contributed by atoms with Crippen molar-refractivity contribution in [2.24, 2.45) is 0 Å². The number of ether oxygens (including phenoxy) is 2. The Labute approximate surface area is 210 Å². The molecular weight excluding hydrogens is 500 g/mol. The van der Waals surface area contributed by atoms with Crippen molar-refractivity contribution in [2.75, 3.05) is 20.2 Å². The average Bonchev–Trinajstić information content (AvgIpc) is 3.24. The number of hydrogen-bond acceptors (Lipinski definition) is 7. The van der Waals surface area contributed by atoms with Crippen LogP contribution in [0.3, 0.4) is 0 Å². The molecule has 1 N–H and O–H groups in total. The van der Waals surface area contributed by atoms with E-state index in [0.29, 0.717) is 40.0 Å². The summed E-state index contributed by atoms with van der Waals surface area (Å²) in [5, 5.41) is 9.29. The van der Waals surface area contributed by atoms with Crippen molar-refractivity contribution in [3.8, 4) is 11.5 Å². The van der Waals surface area contributed by atoms with Gasteiger partial charge in [0.2, 0.25) is 0 Å². The summed E-state index contributed by atoms with van der Waals surface area (Å²) in [6.45, 7) is -0.100. The molecule has 8 nitrogen and oxygen atoms in total. The van der Waals surface area contributed by atoms with Crippen molar-refractivity contribution in [3.63, 3.8) is 0 Å². The summed E-state index contributed by atoms with van der Waals surface area (Å²) >= 11 is 12.5. The molecule has 0 aliphatic carbocycles. The fourth-order valence-electron chi connectivity index (χ4n) is 3.43. The van der Waals surface area contributed by atoms with Crippen LogP contribution in [0.15, 0.2) is 47.4 Å². The second kappa shape index (κ2) is 10.0. The molecule has 2 saturated heterocycles. The predicted molar refractivity (Wildman–Crippen MR) is 132 cm³/mol. The van der Waals surface area contributed by atoms with Gasteiger partial charge >= 0.3 is 12.1 Å². The van der Waals surface area contributed by atoms with Gasteiger partial charge in [0.05, 0.1) is 16.0 Å². The number of aliphatic carboxylic acids is 1. The van der Waals surface area contributed by atoms with E-state index in [1.807, 2.05) is 24.3 Å². The van der Waals surface area contributed by atoms with Gasteiger partial charge in [0, 0.05) is 7.05 Å². The number of likely N-dealkylation sites (N-methyl/N-ethyl adjacent to an activating group) is 1. The van der Waals surface area contributed by atoms with Crippen LogP contribution in [-0.2, 0) is 20.7 Å². The van der Waals surface area contributed by atoms with Gasteiger partial charge in [-0.25, -0.2) is 4.79 Å². The SMILES string of the molecule is CN1C(=O)OCC1Cc1ccc(Oc2ccc(/C=C3/SC(=S)N(CC(=O)O)C3=O)cc2Cl)cc1. The largest absolute Gasteiger partial charge is 0.480 e. The molecule has 1 atom stereocenters. The normalized spacial score (nSPS) is 19.2. The lowest BCUT2D eigenvalue weighted by atomic mass is 10.1. The molecule has 2 aromatic carbocycles. The Hall–Kier alpha value is -3.08. The molecule has 2 heterocycles. The second-order valence-corrected chi connectivity index (χ2v) is 9.73. The molecule has 1 unspecified atom stereocenters. The van der Waals surface area contributed by atoms with Crippen LogP contribution in [0.5, 0.6) is 11.5 Å². The zero-order chi connectivity index (χ0) is 24.4. The van der Waals surface area contributed by atoms with E-state index in [2.05, 4.69) is 0 Å². The highest BCUT2D eigenvalue weighted by Gasteiger charge is 2.33. The van der Waals surface area contributed by atoms with Gasteiger partial charge in [0.25, 0.3) is 5.91 Å². The number of cyclic esters (lactones) is 1. The number of thiocarbonyl (C=S) groups is 1. The maximum Gasteiger partial charge on any atom is 0.409 e. The number of benzene rings is 2. The molecule has 0 spiro atoms. The van der Waals surface area contributed by atoms with Crippen molar-refractivity contribution in [1.82, 2.24) is 9.80 Å². The lowest BCUT2D eigenvalue weighted by Crippen LogP contribution is -2.33. The molecule has 0 bridgehead atoms. The molecule has 2 fully saturated rings. The topological polar surface area (TPSA) is 96.4 Å². The van der Waals surface area contributed by atoms with Crippen molar-refractivity contribution in [2.45, 2.75) is 12.5 Å². The minimum absolute atomic E-state index is 0.00542. The summed E-state index contributed by atoms with van der Waals surface area (Å²) in [6.07, 6.45) is 1.98. The van der Waals surface area contributed by atoms with Crippen molar-refractivity contribution >= 4 is 63.9 Å². The Kier molecular flexibility index (Phi) is 7.11. The zero-order valence-electron chi connectivity index (χ0n) is 17.9. The number of thioether (sulfide) groups is 1. The molecule has 2 amide bonds. The summed E-state index contributed by atoms with van der Waals surface area (Å²) < 4.78 is 11.1. The van der Waals surface area contributed by atoms with E-state index >= 15 is 0 Å². The second-order valence-electron chi connectivity index (χ2n) is 7.64. The Balaban J connectivity index is 1.41. The monoisotopic (exact) mass is 518 g/mol. The minimum atomic E-state index is -1.13. The third-order valence-corrected chi connectivity index (χ3v) is 6.95. The van der Waals surface area contributed by atoms with Gasteiger partial charge in [-0.05, 0) is 47.9 Å². The van der Waals surface area contributed by atoms with Crippen LogP contribution in [0.4, 0.5) is 4.79 Å². The Bertz CT molecular complexity index is 1200. The van der Waals surface area contributed by atoms with Crippen LogP contribution in [0, 0.1) is 0 Å². The standard InChI is InChI=1S/C23H19ClN2O6S2/c1-25-15(12-31-22(25)30)8-13-2-5-16(6-3-13)32-18-7-4-14(9-17(18)24)10-19-21(29)26(11-20(27)28)23(33)34-19/h2-7,9-10,15H,8,11-12H2,1H3,(H,27,28)/b19-10+. The summed E-state index contributed by atoms with van der Waals surface area (Å²) in [5.74, 6) is -0.543. The molecule has 0 aromatic heterocycles. The molecule has 0 radical (unpaired) electrons. The molecular formula is C23H19ClN2O6S2. The van der Waals surface area contributed by atoms with Crippen LogP contribution in [0.25, 0.3) is 6.08 Å². The number of carboxylic acids is 1. The number of nitrogens with zero attached hydrogens (tertiary/aromatic N) is 2. The predicted octanol–water partition coefficient (Wildman–Crippen LogP) is 4.41. The highest BCUT2D eigenvalue weighted by molar-refractivity contribution is 8.26. The van der Waals surface area contributed by atoms with Gasteiger partial charge in [0.15, 0.2) is 0 Å². The molecule has 4 rings (SSSR count). The maximum absolute atomic E-state index is 12.4. The van der Waals surface area contributed by atoms with E-state index in [4.69, 9.17) is 38.4 Å². The van der Waals surface area contributed by atoms with E-state index < -0.39 is 18.4 Å². The molecule has 2 aliphatic heterocycles. The summed E-state index contributed by atoms with van der Waals surface area (Å²) in [4.78, 5) is 37.8. The number of carbonyl (C=O) groups is 3. The van der Waals surface area contributed by atoms with E-state index in [9.17, 15) is 14.4 Å². The number of rotatable bonds is 7. The maximum atomic E-state index is 12.4. The quantitative estimate of drug-likeness (QED) is 0.425. The van der Waals surface area contributed by atoms with E-state index in [1.165, 1.54) is 0 Å². The lowest BCUT2D eigenvalue weighted by molar-refractivity contribution is -0.140. The third-order valence-electron chi connectivity index (χ3n) is 5.28. The highest BCUT2D eigenvalue weighted by atomic mass is 35.5. The van der Waals surface area contributed by atoms with Crippen LogP contribution in [0.2, 0.25) is 5.02 Å². The fraction of sp³-hybridized carbons (Fsp3) is 0.217. The summed E-state index contributed by atoms with van der Waals surface area (Å²) in [5.41, 5.74) is 1.70. The van der Waals surface area contributed by atoms with Gasteiger partial charge < -0.3 is 19.5 Å². The molecule has 176 valence electrons. The smallest absolute Gasteiger partial charge is 0.409 e. The molecule has 2 aliphatic rings. The number of amides is 2. The van der Waals surface area contributed by atoms with Gasteiger partial charge in [0.1, 0.15) is 29.0 Å². The number of halogens is 1. The Morgan fingerprint density at radius 2 is 2.03 bits per heavy atom. The minimum Gasteiger partial charge on any atom is -0.480 e. The first-order chi connectivity index (χ1) is 16.2. The number of hydrogen-bond donors (Lipinski definition) is 1. The van der Waals surface area contributed by atoms with Crippen LogP contribution >= 0.6 is 35.6 Å². The molecule has 11 heteroatoms. The van der Waals surface area contributed by atoms with Gasteiger partial charge in [-0.2, -0.15) is 0 Å². The van der Waals surface area contributed by atoms with Crippen molar-refractivity contribution in [3.05, 3.63) is 63.5 Å².